The highest BCUT2D eigenvalue weighted by atomic mass is 16.3. The maximum Gasteiger partial charge on any atom is 0.255 e. The van der Waals surface area contributed by atoms with Crippen LogP contribution in [-0.2, 0) is 28.9 Å². The number of benzene rings is 1. The minimum atomic E-state index is -2.55. The van der Waals surface area contributed by atoms with E-state index in [1.807, 2.05) is 12.1 Å². The third-order valence-corrected chi connectivity index (χ3v) is 7.47. The van der Waals surface area contributed by atoms with Gasteiger partial charge in [-0.3, -0.25) is 19.4 Å². The Morgan fingerprint density at radius 3 is 2.46 bits per heavy atom. The molecule has 0 aliphatic heterocycles. The smallest absolute Gasteiger partial charge is 0.255 e. The van der Waals surface area contributed by atoms with Crippen molar-refractivity contribution in [1.29, 1.82) is 0 Å². The molecule has 3 aliphatic carbocycles. The van der Waals surface area contributed by atoms with Crippen LogP contribution in [0.5, 0.6) is 5.75 Å². The highest BCUT2D eigenvalue weighted by molar-refractivity contribution is 6.24. The van der Waals surface area contributed by atoms with Crippen LogP contribution in [0, 0.1) is 11.8 Å². The van der Waals surface area contributed by atoms with Crippen molar-refractivity contribution < 1.29 is 34.8 Å². The monoisotopic (exact) mass is 476 g/mol. The lowest BCUT2D eigenvalue weighted by Crippen LogP contribution is -2.57. The predicted octanol–water partition coefficient (Wildman–Crippen LogP) is 1.76. The van der Waals surface area contributed by atoms with Crippen molar-refractivity contribution in [3.63, 3.8) is 0 Å². The minimum Gasteiger partial charge on any atom is -0.511 e. The van der Waals surface area contributed by atoms with Crippen LogP contribution in [0.25, 0.3) is 0 Å². The molecule has 5 rings (SSSR count). The molecule has 1 amide bonds. The van der Waals surface area contributed by atoms with E-state index in [4.69, 9.17) is 5.73 Å². The van der Waals surface area contributed by atoms with Crippen molar-refractivity contribution >= 4 is 17.5 Å². The van der Waals surface area contributed by atoms with E-state index in [1.165, 1.54) is 6.07 Å². The number of aryl methyl sites for hydroxylation is 2. The molecule has 6 N–H and O–H groups in total. The molecule has 180 valence electrons. The van der Waals surface area contributed by atoms with Gasteiger partial charge >= 0.3 is 0 Å². The number of primary amides is 1. The average Bonchev–Trinajstić information content (AvgIpc) is 2.81. The fourth-order valence-corrected chi connectivity index (χ4v) is 5.75. The number of hydrogen-bond donors (Lipinski definition) is 5. The number of amides is 1. The number of phenols is 1. The number of carbonyl (C=O) groups is 3. The summed E-state index contributed by atoms with van der Waals surface area (Å²) in [5.74, 6) is -6.24. The Bertz CT molecular complexity index is 1340. The van der Waals surface area contributed by atoms with Gasteiger partial charge in [-0.2, -0.15) is 0 Å². The third-order valence-electron chi connectivity index (χ3n) is 7.47. The lowest BCUT2D eigenvalue weighted by Gasteiger charge is -2.45. The molecule has 9 nitrogen and oxygen atoms in total. The predicted molar refractivity (Wildman–Crippen MR) is 122 cm³/mol. The van der Waals surface area contributed by atoms with Crippen molar-refractivity contribution in [3.05, 3.63) is 81.6 Å². The highest BCUT2D eigenvalue weighted by Crippen LogP contribution is 2.51. The number of allylic oxidation sites excluding steroid dienone is 2. The zero-order valence-corrected chi connectivity index (χ0v) is 18.7. The second kappa shape index (κ2) is 8.06. The first-order valence-electron chi connectivity index (χ1n) is 11.3. The molecule has 1 aromatic carbocycles. The maximum absolute atomic E-state index is 13.6. The van der Waals surface area contributed by atoms with Crippen LogP contribution in [0.1, 0.15) is 39.9 Å². The van der Waals surface area contributed by atoms with E-state index in [0.717, 1.165) is 11.1 Å². The zero-order valence-electron chi connectivity index (χ0n) is 18.7. The van der Waals surface area contributed by atoms with Gasteiger partial charge in [-0.25, -0.2) is 0 Å². The van der Waals surface area contributed by atoms with E-state index >= 15 is 0 Å². The van der Waals surface area contributed by atoms with E-state index < -0.39 is 52.0 Å². The van der Waals surface area contributed by atoms with Crippen molar-refractivity contribution in [2.75, 3.05) is 0 Å². The number of nitrogens with zero attached hydrogens (tertiary/aromatic N) is 1. The summed E-state index contributed by atoms with van der Waals surface area (Å²) >= 11 is 0. The van der Waals surface area contributed by atoms with Gasteiger partial charge < -0.3 is 26.2 Å². The van der Waals surface area contributed by atoms with Gasteiger partial charge in [0.1, 0.15) is 22.8 Å². The number of fused-ring (bicyclic) bond motifs is 3. The van der Waals surface area contributed by atoms with Gasteiger partial charge in [0, 0.05) is 30.3 Å². The molecule has 0 spiro atoms. The van der Waals surface area contributed by atoms with E-state index in [2.05, 4.69) is 4.98 Å². The molecule has 0 bridgehead atoms. The molecule has 2 aromatic rings. The number of aromatic hydroxyl groups is 1. The van der Waals surface area contributed by atoms with Crippen LogP contribution in [0.2, 0.25) is 0 Å². The summed E-state index contributed by atoms with van der Waals surface area (Å²) < 4.78 is 0. The molecular formula is C26H24N2O7. The average molecular weight is 476 g/mol. The molecule has 9 heteroatoms. The quantitative estimate of drug-likeness (QED) is 0.415. The number of aromatic nitrogens is 1. The Morgan fingerprint density at radius 1 is 1.06 bits per heavy atom. The number of rotatable bonds is 4. The summed E-state index contributed by atoms with van der Waals surface area (Å²) in [5.41, 5.74) is 4.37. The number of aliphatic hydroxyl groups is 3. The van der Waals surface area contributed by atoms with Gasteiger partial charge in [0.2, 0.25) is 5.78 Å². The van der Waals surface area contributed by atoms with Crippen molar-refractivity contribution in [2.45, 2.75) is 37.7 Å². The number of ketones is 2. The molecular weight excluding hydrogens is 452 g/mol. The van der Waals surface area contributed by atoms with Crippen LogP contribution >= 0.6 is 0 Å². The van der Waals surface area contributed by atoms with Crippen LogP contribution in [0.3, 0.4) is 0 Å². The summed E-state index contributed by atoms with van der Waals surface area (Å²) in [6.07, 6.45) is 4.87. The van der Waals surface area contributed by atoms with Gasteiger partial charge in [-0.15, -0.1) is 0 Å². The molecule has 3 aliphatic rings. The largest absolute Gasteiger partial charge is 0.511 e. The minimum absolute atomic E-state index is 0.0360. The van der Waals surface area contributed by atoms with Gasteiger partial charge in [0.15, 0.2) is 11.4 Å². The molecule has 1 aromatic heterocycles. The van der Waals surface area contributed by atoms with Crippen molar-refractivity contribution in [3.8, 4) is 5.75 Å². The molecule has 0 radical (unpaired) electrons. The van der Waals surface area contributed by atoms with Crippen molar-refractivity contribution in [2.24, 2.45) is 17.6 Å². The molecule has 0 saturated carbocycles. The first-order valence-corrected chi connectivity index (χ1v) is 11.3. The fraction of sp³-hybridized carbons (Fsp3) is 0.308. The Labute approximate surface area is 200 Å². The summed E-state index contributed by atoms with van der Waals surface area (Å²) in [6.45, 7) is 0. The van der Waals surface area contributed by atoms with Crippen LogP contribution in [0.4, 0.5) is 0 Å². The number of hydrogen-bond acceptors (Lipinski definition) is 8. The molecule has 3 atom stereocenters. The van der Waals surface area contributed by atoms with Gasteiger partial charge in [-0.05, 0) is 66.5 Å². The van der Waals surface area contributed by atoms with Crippen LogP contribution in [-0.4, -0.2) is 48.5 Å². The molecule has 0 unspecified atom stereocenters. The number of Topliss-reactive ketones (excluding diaryl/α,β-unsaturated/α-hetero) is 2. The number of aliphatic hydroxyl groups excluding tert-OH is 2. The highest BCUT2D eigenvalue weighted by Gasteiger charge is 2.59. The fourth-order valence-electron chi connectivity index (χ4n) is 5.75. The standard InChI is InChI=1S/C26H24N2O7/c27-25(34)21-18(30)11-15-9-14-10-16-13(2-1-12-5-7-28-8-6-12)3-4-17(29)20(16)22(31)19(14)23(32)26(15,35)24(21)33/h3-8,14-15,29-30,32,35H,1-2,9-11H2,(H2,27,34)/t14-,15+,26+/m1/s1. The van der Waals surface area contributed by atoms with E-state index in [1.54, 1.807) is 18.5 Å². The second-order valence-electron chi connectivity index (χ2n) is 9.36. The van der Waals surface area contributed by atoms with Crippen molar-refractivity contribution in [1.82, 2.24) is 4.98 Å². The number of nitrogens with two attached hydrogens (primary N) is 1. The normalized spacial score (nSPS) is 25.7. The Hall–Kier alpha value is -3.98. The maximum atomic E-state index is 13.6. The van der Waals surface area contributed by atoms with Crippen LogP contribution < -0.4 is 5.73 Å². The van der Waals surface area contributed by atoms with E-state index in [0.29, 0.717) is 24.8 Å². The Balaban J connectivity index is 1.57. The summed E-state index contributed by atoms with van der Waals surface area (Å²) in [7, 11) is 0. The summed E-state index contributed by atoms with van der Waals surface area (Å²) in [5, 5.41) is 43.1. The number of phenolic OH excluding ortho intramolecular Hbond substituents is 1. The SMILES string of the molecule is NC(=O)C1=C(O)C[C@@H]2C[C@@H]3Cc4c(CCc5ccncc5)ccc(O)c4C(=O)C3=C(O)[C@]2(O)C1=O. The molecule has 1 heterocycles. The first kappa shape index (κ1) is 22.8. The Morgan fingerprint density at radius 2 is 1.77 bits per heavy atom. The van der Waals surface area contributed by atoms with Crippen LogP contribution in [0.15, 0.2) is 59.3 Å². The first-order chi connectivity index (χ1) is 16.6. The molecule has 0 saturated heterocycles. The summed E-state index contributed by atoms with van der Waals surface area (Å²) in [6, 6.07) is 7.00. The number of carbonyl (C=O) groups excluding carboxylic acids is 3. The van der Waals surface area contributed by atoms with E-state index in [-0.39, 0.29) is 29.7 Å². The number of pyridine rings is 1. The lowest BCUT2D eigenvalue weighted by atomic mass is 9.60. The lowest BCUT2D eigenvalue weighted by molar-refractivity contribution is -0.144. The molecule has 0 fully saturated rings. The topological polar surface area (TPSA) is 171 Å². The Kier molecular flexibility index (Phi) is 5.25. The van der Waals surface area contributed by atoms with E-state index in [9.17, 15) is 34.8 Å². The zero-order chi connectivity index (χ0) is 25.1. The summed E-state index contributed by atoms with van der Waals surface area (Å²) in [4.78, 5) is 42.3. The molecule has 35 heavy (non-hydrogen) atoms. The van der Waals surface area contributed by atoms with Gasteiger partial charge in [0.05, 0.1) is 5.56 Å². The third kappa shape index (κ3) is 3.34. The van der Waals surface area contributed by atoms with Gasteiger partial charge in [0.25, 0.3) is 5.91 Å². The second-order valence-corrected chi connectivity index (χ2v) is 9.36. The van der Waals surface area contributed by atoms with Gasteiger partial charge in [-0.1, -0.05) is 6.07 Å².